The summed E-state index contributed by atoms with van der Waals surface area (Å²) in [6, 6.07) is 0. The van der Waals surface area contributed by atoms with E-state index in [4.69, 9.17) is 25.2 Å². The van der Waals surface area contributed by atoms with E-state index >= 15 is 0 Å². The Hall–Kier alpha value is -0.460. The van der Waals surface area contributed by atoms with Gasteiger partial charge in [-0.15, -0.1) is 6.58 Å². The first-order valence-electron chi connectivity index (χ1n) is 5.28. The van der Waals surface area contributed by atoms with E-state index in [1.54, 1.807) is 6.08 Å². The molecule has 98 valence electrons. The summed E-state index contributed by atoms with van der Waals surface area (Å²) in [4.78, 5) is 0. The Kier molecular flexibility index (Phi) is 14.1. The van der Waals surface area contributed by atoms with Crippen LogP contribution in [0.15, 0.2) is 12.7 Å². The molecule has 0 heterocycles. The SMILES string of the molecule is C=CCOCCO.CCC(CO)(CO)CO. The van der Waals surface area contributed by atoms with Gasteiger partial charge < -0.3 is 25.2 Å². The van der Waals surface area contributed by atoms with Crippen LogP contribution in [0.4, 0.5) is 0 Å². The summed E-state index contributed by atoms with van der Waals surface area (Å²) in [6.07, 6.45) is 2.24. The monoisotopic (exact) mass is 236 g/mol. The summed E-state index contributed by atoms with van der Waals surface area (Å²) >= 11 is 0. The van der Waals surface area contributed by atoms with Crippen molar-refractivity contribution in [2.75, 3.05) is 39.6 Å². The highest BCUT2D eigenvalue weighted by molar-refractivity contribution is 4.74. The Morgan fingerprint density at radius 2 is 1.62 bits per heavy atom. The predicted molar refractivity (Wildman–Crippen MR) is 62.1 cm³/mol. The normalized spacial score (nSPS) is 10.6. The fourth-order valence-electron chi connectivity index (χ4n) is 0.717. The Bertz CT molecular complexity index is 128. The van der Waals surface area contributed by atoms with Crippen LogP contribution in [0.5, 0.6) is 0 Å². The minimum Gasteiger partial charge on any atom is -0.396 e. The lowest BCUT2D eigenvalue weighted by Gasteiger charge is -2.24. The molecule has 0 aromatic rings. The number of ether oxygens (including phenoxy) is 1. The lowest BCUT2D eigenvalue weighted by atomic mass is 9.88. The van der Waals surface area contributed by atoms with Gasteiger partial charge in [-0.2, -0.15) is 0 Å². The van der Waals surface area contributed by atoms with Crippen LogP contribution in [0.1, 0.15) is 13.3 Å². The van der Waals surface area contributed by atoms with E-state index in [0.717, 1.165) is 0 Å². The van der Waals surface area contributed by atoms with Crippen LogP contribution in [-0.2, 0) is 4.74 Å². The van der Waals surface area contributed by atoms with Crippen LogP contribution < -0.4 is 0 Å². The molecular formula is C11H24O5. The van der Waals surface area contributed by atoms with Crippen molar-refractivity contribution in [3.63, 3.8) is 0 Å². The zero-order valence-electron chi connectivity index (χ0n) is 9.93. The third-order valence-electron chi connectivity index (χ3n) is 2.23. The first-order chi connectivity index (χ1) is 7.66. The lowest BCUT2D eigenvalue weighted by Crippen LogP contribution is -2.32. The zero-order chi connectivity index (χ0) is 12.9. The van der Waals surface area contributed by atoms with E-state index in [1.165, 1.54) is 0 Å². The molecule has 0 aromatic heterocycles. The molecule has 0 aliphatic heterocycles. The number of rotatable bonds is 8. The van der Waals surface area contributed by atoms with Gasteiger partial charge in [-0.05, 0) is 6.42 Å². The molecule has 0 saturated carbocycles. The average molecular weight is 236 g/mol. The largest absolute Gasteiger partial charge is 0.396 e. The van der Waals surface area contributed by atoms with Gasteiger partial charge in [0.15, 0.2) is 0 Å². The van der Waals surface area contributed by atoms with E-state index in [0.29, 0.717) is 19.6 Å². The van der Waals surface area contributed by atoms with Crippen molar-refractivity contribution in [2.24, 2.45) is 5.41 Å². The highest BCUT2D eigenvalue weighted by Crippen LogP contribution is 2.18. The maximum absolute atomic E-state index is 8.66. The zero-order valence-corrected chi connectivity index (χ0v) is 9.93. The summed E-state index contributed by atoms with van der Waals surface area (Å²) in [5, 5.41) is 34.1. The quantitative estimate of drug-likeness (QED) is 0.338. The van der Waals surface area contributed by atoms with Gasteiger partial charge >= 0.3 is 0 Å². The van der Waals surface area contributed by atoms with Gasteiger partial charge in [-0.3, -0.25) is 0 Å². The van der Waals surface area contributed by atoms with Crippen molar-refractivity contribution in [1.82, 2.24) is 0 Å². The van der Waals surface area contributed by atoms with Gasteiger partial charge in [-0.1, -0.05) is 13.0 Å². The fourth-order valence-corrected chi connectivity index (χ4v) is 0.717. The molecule has 0 rings (SSSR count). The van der Waals surface area contributed by atoms with Crippen LogP contribution in [0.3, 0.4) is 0 Å². The Labute approximate surface area is 97.0 Å². The summed E-state index contributed by atoms with van der Waals surface area (Å²) in [7, 11) is 0. The third kappa shape index (κ3) is 8.82. The van der Waals surface area contributed by atoms with Crippen molar-refractivity contribution in [3.8, 4) is 0 Å². The van der Waals surface area contributed by atoms with Crippen LogP contribution in [0.25, 0.3) is 0 Å². The second kappa shape index (κ2) is 12.6. The number of aliphatic hydroxyl groups excluding tert-OH is 4. The molecule has 0 atom stereocenters. The summed E-state index contributed by atoms with van der Waals surface area (Å²) in [5.74, 6) is 0. The van der Waals surface area contributed by atoms with Crippen molar-refractivity contribution >= 4 is 0 Å². The fraction of sp³-hybridized carbons (Fsp3) is 0.818. The van der Waals surface area contributed by atoms with E-state index in [1.807, 2.05) is 6.92 Å². The summed E-state index contributed by atoms with van der Waals surface area (Å²) in [5.41, 5.74) is -0.667. The van der Waals surface area contributed by atoms with Gasteiger partial charge in [0.1, 0.15) is 0 Å². The lowest BCUT2D eigenvalue weighted by molar-refractivity contribution is 0.00304. The van der Waals surface area contributed by atoms with E-state index in [2.05, 4.69) is 6.58 Å². The molecule has 0 spiro atoms. The van der Waals surface area contributed by atoms with Gasteiger partial charge in [0.25, 0.3) is 0 Å². The molecular weight excluding hydrogens is 212 g/mol. The molecule has 5 nitrogen and oxygen atoms in total. The van der Waals surface area contributed by atoms with Crippen LogP contribution in [0, 0.1) is 5.41 Å². The maximum atomic E-state index is 8.66. The molecule has 0 saturated heterocycles. The van der Waals surface area contributed by atoms with E-state index in [-0.39, 0.29) is 26.4 Å². The Morgan fingerprint density at radius 3 is 1.81 bits per heavy atom. The number of aliphatic hydroxyl groups is 4. The molecule has 16 heavy (non-hydrogen) atoms. The number of hydrogen-bond acceptors (Lipinski definition) is 5. The second-order valence-corrected chi connectivity index (χ2v) is 3.42. The third-order valence-corrected chi connectivity index (χ3v) is 2.23. The molecule has 5 heteroatoms. The van der Waals surface area contributed by atoms with E-state index in [9.17, 15) is 0 Å². The van der Waals surface area contributed by atoms with Crippen LogP contribution >= 0.6 is 0 Å². The topological polar surface area (TPSA) is 90.2 Å². The predicted octanol–water partition coefficient (Wildman–Crippen LogP) is -0.459. The standard InChI is InChI=1S/C6H14O3.C5H10O2/c1-2-6(3-7,4-8)5-9;1-2-4-7-5-3-6/h7-9H,2-5H2,1H3;2,6H,1,3-5H2. The first-order valence-corrected chi connectivity index (χ1v) is 5.28. The van der Waals surface area contributed by atoms with Crippen molar-refractivity contribution < 1.29 is 25.2 Å². The molecule has 0 amide bonds. The van der Waals surface area contributed by atoms with Crippen molar-refractivity contribution in [3.05, 3.63) is 12.7 Å². The van der Waals surface area contributed by atoms with Gasteiger partial charge in [0, 0.05) is 5.41 Å². The molecule has 0 unspecified atom stereocenters. The minimum absolute atomic E-state index is 0.0911. The first kappa shape index (κ1) is 17.9. The van der Waals surface area contributed by atoms with Gasteiger partial charge in [0.2, 0.25) is 0 Å². The highest BCUT2D eigenvalue weighted by Gasteiger charge is 2.24. The molecule has 0 aliphatic carbocycles. The van der Waals surface area contributed by atoms with Crippen LogP contribution in [0.2, 0.25) is 0 Å². The van der Waals surface area contributed by atoms with E-state index < -0.39 is 5.41 Å². The summed E-state index contributed by atoms with van der Waals surface area (Å²) in [6.45, 7) is 5.81. The minimum atomic E-state index is -0.667. The van der Waals surface area contributed by atoms with Crippen molar-refractivity contribution in [2.45, 2.75) is 13.3 Å². The Balaban J connectivity index is 0. The van der Waals surface area contributed by atoms with Crippen LogP contribution in [-0.4, -0.2) is 60.1 Å². The molecule has 4 N–H and O–H groups in total. The van der Waals surface area contributed by atoms with Gasteiger partial charge in [0.05, 0.1) is 39.6 Å². The Morgan fingerprint density at radius 1 is 1.12 bits per heavy atom. The molecule has 0 fully saturated rings. The number of hydrogen-bond donors (Lipinski definition) is 4. The smallest absolute Gasteiger partial charge is 0.0701 e. The maximum Gasteiger partial charge on any atom is 0.0701 e. The molecule has 0 aromatic carbocycles. The average Bonchev–Trinajstić information content (AvgIpc) is 2.34. The van der Waals surface area contributed by atoms with Crippen molar-refractivity contribution in [1.29, 1.82) is 0 Å². The molecule has 0 radical (unpaired) electrons. The van der Waals surface area contributed by atoms with Gasteiger partial charge in [-0.25, -0.2) is 0 Å². The molecule has 0 bridgehead atoms. The summed E-state index contributed by atoms with van der Waals surface area (Å²) < 4.78 is 4.76. The molecule has 0 aliphatic rings. The highest BCUT2D eigenvalue weighted by atomic mass is 16.5. The second-order valence-electron chi connectivity index (χ2n) is 3.42.